The van der Waals surface area contributed by atoms with Crippen LogP contribution in [0, 0.1) is 0 Å². The fraction of sp³-hybridized carbons (Fsp3) is 0.125. The van der Waals surface area contributed by atoms with Gasteiger partial charge in [-0.1, -0.05) is 34.1 Å². The van der Waals surface area contributed by atoms with Crippen LogP contribution in [0.3, 0.4) is 0 Å². The molecule has 0 aliphatic carbocycles. The molecular weight excluding hydrogens is 535 g/mol. The maximum atomic E-state index is 13.8. The van der Waals surface area contributed by atoms with Gasteiger partial charge in [0.1, 0.15) is 5.25 Å². The van der Waals surface area contributed by atoms with Crippen LogP contribution >= 0.6 is 15.9 Å². The molecule has 0 aliphatic heterocycles. The number of aromatic amines is 1. The molecule has 34 heavy (non-hydrogen) atoms. The van der Waals surface area contributed by atoms with Crippen molar-refractivity contribution in [2.45, 2.75) is 16.3 Å². The fourth-order valence-electron chi connectivity index (χ4n) is 3.69. The van der Waals surface area contributed by atoms with E-state index in [1.165, 1.54) is 55.6 Å². The van der Waals surface area contributed by atoms with Gasteiger partial charge in [0.15, 0.2) is 9.84 Å². The first-order valence-corrected chi connectivity index (χ1v) is 12.2. The van der Waals surface area contributed by atoms with Crippen molar-refractivity contribution in [3.05, 3.63) is 99.7 Å². The van der Waals surface area contributed by atoms with Crippen LogP contribution in [0.2, 0.25) is 0 Å². The number of methoxy groups -OCH3 is 1. The lowest BCUT2D eigenvalue weighted by Crippen LogP contribution is -2.16. The standard InChI is InChI=1S/C24H17BrF3NO4S/c1-33-23(30)15-7-5-14(6-8-15)22(34(31,32)19-4-2-3-18(25)13-19)21-12-16-11-17(24(26,27)28)9-10-20(16)29-21/h2-13,22,29H,1H3. The Morgan fingerprint density at radius 2 is 1.71 bits per heavy atom. The number of carbonyl (C=O) groups excluding carboxylic acids is 1. The van der Waals surface area contributed by atoms with Crippen LogP contribution in [0.25, 0.3) is 10.9 Å². The maximum Gasteiger partial charge on any atom is 0.416 e. The van der Waals surface area contributed by atoms with E-state index in [-0.39, 0.29) is 21.5 Å². The third kappa shape index (κ3) is 4.60. The summed E-state index contributed by atoms with van der Waals surface area (Å²) in [5.41, 5.74) is 0.287. The molecule has 4 rings (SSSR count). The number of rotatable bonds is 5. The van der Waals surface area contributed by atoms with Gasteiger partial charge in [-0.25, -0.2) is 13.2 Å². The predicted molar refractivity (Wildman–Crippen MR) is 124 cm³/mol. The summed E-state index contributed by atoms with van der Waals surface area (Å²) < 4.78 is 72.3. The van der Waals surface area contributed by atoms with E-state index in [9.17, 15) is 26.4 Å². The number of ether oxygens (including phenoxy) is 1. The summed E-state index contributed by atoms with van der Waals surface area (Å²) in [7, 11) is -2.82. The number of halogens is 4. The monoisotopic (exact) mass is 551 g/mol. The van der Waals surface area contributed by atoms with Crippen molar-refractivity contribution in [1.29, 1.82) is 0 Å². The molecule has 0 amide bonds. The number of esters is 1. The maximum absolute atomic E-state index is 13.8. The normalized spacial score (nSPS) is 13.1. The zero-order valence-electron chi connectivity index (χ0n) is 17.6. The molecule has 1 heterocycles. The van der Waals surface area contributed by atoms with Gasteiger partial charge in [-0.3, -0.25) is 0 Å². The van der Waals surface area contributed by atoms with E-state index in [1.807, 2.05) is 0 Å². The van der Waals surface area contributed by atoms with E-state index in [4.69, 9.17) is 0 Å². The van der Waals surface area contributed by atoms with Crippen LogP contribution in [0.1, 0.15) is 32.4 Å². The summed E-state index contributed by atoms with van der Waals surface area (Å²) in [5, 5.41) is -1.04. The molecule has 4 aromatic rings. The molecule has 0 spiro atoms. The summed E-state index contributed by atoms with van der Waals surface area (Å²) in [4.78, 5) is 14.8. The highest BCUT2D eigenvalue weighted by Crippen LogP contribution is 2.38. The molecule has 1 aromatic heterocycles. The van der Waals surface area contributed by atoms with E-state index in [1.54, 1.807) is 12.1 Å². The number of carbonyl (C=O) groups is 1. The average molecular weight is 552 g/mol. The van der Waals surface area contributed by atoms with Crippen molar-refractivity contribution in [1.82, 2.24) is 4.98 Å². The second-order valence-corrected chi connectivity index (χ2v) is 10.5. The Labute approximate surface area is 201 Å². The predicted octanol–water partition coefficient (Wildman–Crippen LogP) is 6.30. The Morgan fingerprint density at radius 1 is 1.00 bits per heavy atom. The largest absolute Gasteiger partial charge is 0.465 e. The second kappa shape index (κ2) is 8.92. The minimum absolute atomic E-state index is 0.0264. The molecule has 1 N–H and O–H groups in total. The van der Waals surface area contributed by atoms with Gasteiger partial charge in [0.05, 0.1) is 23.1 Å². The quantitative estimate of drug-likeness (QED) is 0.295. The molecule has 5 nitrogen and oxygen atoms in total. The van der Waals surface area contributed by atoms with Crippen molar-refractivity contribution in [2.24, 2.45) is 0 Å². The van der Waals surface area contributed by atoms with Crippen LogP contribution in [0.4, 0.5) is 13.2 Å². The number of fused-ring (bicyclic) bond motifs is 1. The smallest absolute Gasteiger partial charge is 0.416 e. The number of alkyl halides is 3. The van der Waals surface area contributed by atoms with Crippen molar-refractivity contribution in [3.8, 4) is 0 Å². The number of hydrogen-bond donors (Lipinski definition) is 1. The van der Waals surface area contributed by atoms with Gasteiger partial charge in [0.25, 0.3) is 0 Å². The van der Waals surface area contributed by atoms with Gasteiger partial charge in [-0.15, -0.1) is 0 Å². The topological polar surface area (TPSA) is 76.2 Å². The highest BCUT2D eigenvalue weighted by molar-refractivity contribution is 9.10. The Kier molecular flexibility index (Phi) is 6.30. The van der Waals surface area contributed by atoms with Crippen molar-refractivity contribution in [2.75, 3.05) is 7.11 Å². The Hall–Kier alpha value is -3.11. The third-order valence-corrected chi connectivity index (χ3v) is 7.87. The van der Waals surface area contributed by atoms with E-state index < -0.39 is 32.8 Å². The first kappa shape index (κ1) is 24.0. The highest BCUT2D eigenvalue weighted by Gasteiger charge is 2.34. The molecule has 0 saturated carbocycles. The molecule has 0 fully saturated rings. The van der Waals surface area contributed by atoms with Gasteiger partial charge in [0.2, 0.25) is 0 Å². The summed E-state index contributed by atoms with van der Waals surface area (Å²) in [6.07, 6.45) is -4.53. The molecule has 0 saturated heterocycles. The number of H-pyrrole nitrogens is 1. The first-order chi connectivity index (χ1) is 16.0. The minimum Gasteiger partial charge on any atom is -0.465 e. The average Bonchev–Trinajstić information content (AvgIpc) is 3.21. The molecule has 1 atom stereocenters. The zero-order valence-corrected chi connectivity index (χ0v) is 20.0. The molecule has 0 radical (unpaired) electrons. The summed E-state index contributed by atoms with van der Waals surface area (Å²) in [5.74, 6) is -0.580. The number of aromatic nitrogens is 1. The van der Waals surface area contributed by atoms with Crippen LogP contribution < -0.4 is 0 Å². The van der Waals surface area contributed by atoms with E-state index in [2.05, 4.69) is 25.7 Å². The SMILES string of the molecule is COC(=O)c1ccc(C(c2cc3cc(C(F)(F)F)ccc3[nH]2)S(=O)(=O)c2cccc(Br)c2)cc1. The van der Waals surface area contributed by atoms with Crippen molar-refractivity contribution < 1.29 is 31.1 Å². The van der Waals surface area contributed by atoms with Gasteiger partial charge in [-0.05, 0) is 60.2 Å². The van der Waals surface area contributed by atoms with Gasteiger partial charge in [-0.2, -0.15) is 13.2 Å². The lowest BCUT2D eigenvalue weighted by molar-refractivity contribution is -0.137. The Morgan fingerprint density at radius 3 is 2.32 bits per heavy atom. The number of hydrogen-bond acceptors (Lipinski definition) is 4. The third-order valence-electron chi connectivity index (χ3n) is 5.32. The Bertz CT molecular complexity index is 1480. The lowest BCUT2D eigenvalue weighted by Gasteiger charge is -2.18. The fourth-order valence-corrected chi connectivity index (χ4v) is 6.05. The van der Waals surface area contributed by atoms with Crippen LogP contribution in [0.15, 0.2) is 82.2 Å². The molecule has 0 bridgehead atoms. The Balaban J connectivity index is 1.90. The first-order valence-electron chi connectivity index (χ1n) is 9.88. The van der Waals surface area contributed by atoms with Crippen LogP contribution in [-0.4, -0.2) is 26.5 Å². The lowest BCUT2D eigenvalue weighted by atomic mass is 10.1. The zero-order chi connectivity index (χ0) is 24.7. The number of nitrogens with one attached hydrogen (secondary N) is 1. The van der Waals surface area contributed by atoms with E-state index in [0.717, 1.165) is 12.1 Å². The molecular formula is C24H17BrF3NO4S. The molecule has 10 heteroatoms. The van der Waals surface area contributed by atoms with Gasteiger partial charge >= 0.3 is 12.1 Å². The van der Waals surface area contributed by atoms with Crippen LogP contribution in [0.5, 0.6) is 0 Å². The number of benzene rings is 3. The molecule has 1 unspecified atom stereocenters. The van der Waals surface area contributed by atoms with E-state index >= 15 is 0 Å². The van der Waals surface area contributed by atoms with Crippen LogP contribution in [-0.2, 0) is 20.8 Å². The van der Waals surface area contributed by atoms with Gasteiger partial charge in [0, 0.05) is 21.1 Å². The molecule has 3 aromatic carbocycles. The van der Waals surface area contributed by atoms with E-state index in [0.29, 0.717) is 15.6 Å². The van der Waals surface area contributed by atoms with Crippen molar-refractivity contribution in [3.63, 3.8) is 0 Å². The summed E-state index contributed by atoms with van der Waals surface area (Å²) in [6.45, 7) is 0. The van der Waals surface area contributed by atoms with Crippen molar-refractivity contribution >= 4 is 42.6 Å². The second-order valence-electron chi connectivity index (χ2n) is 7.52. The van der Waals surface area contributed by atoms with Gasteiger partial charge < -0.3 is 9.72 Å². The number of sulfone groups is 1. The molecule has 0 aliphatic rings. The molecule has 176 valence electrons. The minimum atomic E-state index is -4.53. The summed E-state index contributed by atoms with van der Waals surface area (Å²) in [6, 6.07) is 16.6. The highest BCUT2D eigenvalue weighted by atomic mass is 79.9. The summed E-state index contributed by atoms with van der Waals surface area (Å²) >= 11 is 3.27.